The molecular formula is C34H37F4N2O4+. The normalized spacial score (nSPS) is 18.4. The molecule has 1 atom stereocenters. The SMILES string of the molecule is CC=C(C=CC(C)C1CCC(CC(=O)O)CC1)c1ccc2c(C(=O)Nc3ccc(F)cc3C(F)(F)F)cc(C)[n+](OC)c2c1. The second kappa shape index (κ2) is 13.6. The number of amides is 1. The van der Waals surface area contributed by atoms with Crippen molar-refractivity contribution < 1.29 is 41.8 Å². The van der Waals surface area contributed by atoms with Crippen LogP contribution < -0.4 is 14.9 Å². The first kappa shape index (κ1) is 32.7. The zero-order chi connectivity index (χ0) is 32.2. The van der Waals surface area contributed by atoms with E-state index in [9.17, 15) is 27.2 Å². The molecule has 2 N–H and O–H groups in total. The fourth-order valence-electron chi connectivity index (χ4n) is 6.06. The van der Waals surface area contributed by atoms with E-state index in [0.717, 1.165) is 49.0 Å². The van der Waals surface area contributed by atoms with Crippen LogP contribution in [-0.2, 0) is 11.0 Å². The number of carbonyl (C=O) groups excluding carboxylic acids is 1. The minimum atomic E-state index is -4.86. The second-order valence-corrected chi connectivity index (χ2v) is 11.4. The molecule has 3 aromatic rings. The molecule has 4 rings (SSSR count). The van der Waals surface area contributed by atoms with Gasteiger partial charge in [0.1, 0.15) is 12.9 Å². The summed E-state index contributed by atoms with van der Waals surface area (Å²) in [6, 6.07) is 9.08. The molecule has 1 aliphatic carbocycles. The lowest BCUT2D eigenvalue weighted by atomic mass is 9.75. The fraction of sp³-hybridized carbons (Fsp3) is 0.382. The number of hydrogen-bond donors (Lipinski definition) is 2. The lowest BCUT2D eigenvalue weighted by molar-refractivity contribution is -0.869. The summed E-state index contributed by atoms with van der Waals surface area (Å²) < 4.78 is 55.8. The van der Waals surface area contributed by atoms with E-state index in [0.29, 0.717) is 34.5 Å². The van der Waals surface area contributed by atoms with Crippen LogP contribution in [0.5, 0.6) is 0 Å². The molecule has 6 nitrogen and oxygen atoms in total. The minimum Gasteiger partial charge on any atom is -0.481 e. The van der Waals surface area contributed by atoms with E-state index in [1.807, 2.05) is 25.1 Å². The quantitative estimate of drug-likeness (QED) is 0.147. The van der Waals surface area contributed by atoms with Crippen molar-refractivity contribution in [2.24, 2.45) is 17.8 Å². The number of rotatable bonds is 9. The Hall–Kier alpha value is -4.21. The number of aromatic nitrogens is 1. The summed E-state index contributed by atoms with van der Waals surface area (Å²) in [6.07, 6.45) is 5.39. The second-order valence-electron chi connectivity index (χ2n) is 11.4. The number of carboxylic acid groups (broad SMARTS) is 1. The number of pyridine rings is 1. The Balaban J connectivity index is 1.61. The van der Waals surface area contributed by atoms with Gasteiger partial charge in [0.05, 0.1) is 22.2 Å². The van der Waals surface area contributed by atoms with Gasteiger partial charge in [-0.1, -0.05) is 31.2 Å². The summed E-state index contributed by atoms with van der Waals surface area (Å²) in [5.41, 5.74) is 1.21. The molecule has 1 aliphatic rings. The van der Waals surface area contributed by atoms with Crippen molar-refractivity contribution in [1.29, 1.82) is 0 Å². The number of nitrogens with one attached hydrogen (secondary N) is 1. The van der Waals surface area contributed by atoms with Gasteiger partial charge in [-0.3, -0.25) is 14.4 Å². The molecule has 1 aromatic heterocycles. The molecule has 0 radical (unpaired) electrons. The number of carboxylic acids is 1. The maximum absolute atomic E-state index is 13.6. The van der Waals surface area contributed by atoms with Crippen LogP contribution in [0.3, 0.4) is 0 Å². The Bertz CT molecular complexity index is 1610. The van der Waals surface area contributed by atoms with Gasteiger partial charge < -0.3 is 10.4 Å². The Labute approximate surface area is 254 Å². The van der Waals surface area contributed by atoms with Crippen LogP contribution in [0, 0.1) is 30.5 Å². The first-order valence-electron chi connectivity index (χ1n) is 14.6. The molecule has 10 heteroatoms. The third-order valence-corrected chi connectivity index (χ3v) is 8.46. The van der Waals surface area contributed by atoms with Gasteiger partial charge >= 0.3 is 12.1 Å². The van der Waals surface area contributed by atoms with Gasteiger partial charge in [0.2, 0.25) is 5.69 Å². The molecular weight excluding hydrogens is 576 g/mol. The lowest BCUT2D eigenvalue weighted by Gasteiger charge is -2.30. The van der Waals surface area contributed by atoms with E-state index >= 15 is 0 Å². The zero-order valence-electron chi connectivity index (χ0n) is 25.2. The minimum absolute atomic E-state index is 0.138. The topological polar surface area (TPSA) is 79.5 Å². The lowest BCUT2D eigenvalue weighted by Crippen LogP contribution is -2.44. The molecule has 1 amide bonds. The van der Waals surface area contributed by atoms with E-state index in [2.05, 4.69) is 24.4 Å². The highest BCUT2D eigenvalue weighted by molar-refractivity contribution is 6.12. The molecule has 0 spiro atoms. The van der Waals surface area contributed by atoms with Gasteiger partial charge in [-0.05, 0) is 85.8 Å². The number of aryl methyl sites for hydroxylation is 1. The largest absolute Gasteiger partial charge is 0.481 e. The van der Waals surface area contributed by atoms with Gasteiger partial charge in [0.15, 0.2) is 0 Å². The van der Waals surface area contributed by atoms with Crippen LogP contribution in [0.25, 0.3) is 16.5 Å². The number of alkyl halides is 3. The van der Waals surface area contributed by atoms with Crippen LogP contribution in [0.4, 0.5) is 23.2 Å². The maximum atomic E-state index is 13.6. The van der Waals surface area contributed by atoms with Crippen molar-refractivity contribution in [3.05, 3.63) is 88.9 Å². The molecule has 0 saturated heterocycles. The highest BCUT2D eigenvalue weighted by Gasteiger charge is 2.35. The number of nitrogens with zero attached hydrogens (tertiary/aromatic N) is 1. The van der Waals surface area contributed by atoms with Crippen LogP contribution in [0.1, 0.15) is 73.1 Å². The van der Waals surface area contributed by atoms with Gasteiger partial charge in [0, 0.05) is 30.2 Å². The van der Waals surface area contributed by atoms with Gasteiger partial charge in [-0.25, -0.2) is 4.39 Å². The van der Waals surface area contributed by atoms with Crippen molar-refractivity contribution >= 4 is 34.0 Å². The van der Waals surface area contributed by atoms with Gasteiger partial charge in [-0.2, -0.15) is 13.2 Å². The predicted octanol–water partition coefficient (Wildman–Crippen LogP) is 7.78. The summed E-state index contributed by atoms with van der Waals surface area (Å²) in [5, 5.41) is 11.9. The predicted molar refractivity (Wildman–Crippen MR) is 160 cm³/mol. The molecule has 1 saturated carbocycles. The number of carbonyl (C=O) groups is 2. The number of allylic oxidation sites excluding steroid dienone is 4. The number of benzene rings is 2. The third kappa shape index (κ3) is 7.46. The first-order chi connectivity index (χ1) is 20.8. The number of hydrogen-bond acceptors (Lipinski definition) is 3. The molecule has 0 bridgehead atoms. The van der Waals surface area contributed by atoms with Crippen molar-refractivity contribution in [2.45, 2.75) is 59.1 Å². The highest BCUT2D eigenvalue weighted by Crippen LogP contribution is 2.37. The fourth-order valence-corrected chi connectivity index (χ4v) is 6.06. The Kier molecular flexibility index (Phi) is 10.1. The summed E-state index contributed by atoms with van der Waals surface area (Å²) in [7, 11) is 1.48. The van der Waals surface area contributed by atoms with Crippen LogP contribution >= 0.6 is 0 Å². The standard InChI is InChI=1S/C34H36F4N2O4/c1-5-23(9-6-20(2)24-10-7-22(8-11-24)17-32(41)42)25-12-14-27-28(16-21(3)40(44-4)31(27)18-25)33(43)39-30-15-13-26(35)19-29(30)34(36,37)38/h5-6,9,12-16,18-20,22,24H,7-8,10-11,17H2,1-4H3,(H-,39,41,42,43)/p+1. The molecule has 0 aliphatic heterocycles. The van der Waals surface area contributed by atoms with Crippen LogP contribution in [0.15, 0.2) is 60.7 Å². The summed E-state index contributed by atoms with van der Waals surface area (Å²) in [4.78, 5) is 30.0. The highest BCUT2D eigenvalue weighted by atomic mass is 19.4. The van der Waals surface area contributed by atoms with Gasteiger partial charge in [-0.15, -0.1) is 0 Å². The Morgan fingerprint density at radius 1 is 1.11 bits per heavy atom. The molecule has 44 heavy (non-hydrogen) atoms. The summed E-state index contributed by atoms with van der Waals surface area (Å²) in [5.74, 6) is -1.56. The number of aliphatic carboxylic acids is 1. The Morgan fingerprint density at radius 2 is 1.82 bits per heavy atom. The van der Waals surface area contributed by atoms with E-state index < -0.39 is 35.1 Å². The number of halogens is 4. The molecule has 2 aromatic carbocycles. The van der Waals surface area contributed by atoms with Crippen LogP contribution in [0.2, 0.25) is 0 Å². The van der Waals surface area contributed by atoms with E-state index in [1.165, 1.54) is 13.2 Å². The summed E-state index contributed by atoms with van der Waals surface area (Å²) >= 11 is 0. The maximum Gasteiger partial charge on any atom is 0.418 e. The van der Waals surface area contributed by atoms with Gasteiger partial charge in [0.25, 0.3) is 11.4 Å². The van der Waals surface area contributed by atoms with E-state index in [4.69, 9.17) is 9.94 Å². The van der Waals surface area contributed by atoms with Crippen LogP contribution in [-0.4, -0.2) is 24.1 Å². The molecule has 1 heterocycles. The van der Waals surface area contributed by atoms with Crippen molar-refractivity contribution in [2.75, 3.05) is 12.4 Å². The molecule has 1 unspecified atom stereocenters. The number of anilines is 1. The first-order valence-corrected chi connectivity index (χ1v) is 14.6. The monoisotopic (exact) mass is 613 g/mol. The van der Waals surface area contributed by atoms with Crippen molar-refractivity contribution in [3.63, 3.8) is 0 Å². The average Bonchev–Trinajstić information content (AvgIpc) is 2.97. The zero-order valence-corrected chi connectivity index (χ0v) is 25.2. The van der Waals surface area contributed by atoms with E-state index in [1.54, 1.807) is 17.7 Å². The smallest absolute Gasteiger partial charge is 0.418 e. The summed E-state index contributed by atoms with van der Waals surface area (Å²) in [6.45, 7) is 5.81. The molecule has 234 valence electrons. The third-order valence-electron chi connectivity index (χ3n) is 8.46. The Morgan fingerprint density at radius 3 is 2.43 bits per heavy atom. The van der Waals surface area contributed by atoms with Crippen molar-refractivity contribution in [3.8, 4) is 0 Å². The number of fused-ring (bicyclic) bond motifs is 1. The van der Waals surface area contributed by atoms with Crippen molar-refractivity contribution in [1.82, 2.24) is 0 Å². The molecule has 1 fully saturated rings. The average molecular weight is 614 g/mol. The van der Waals surface area contributed by atoms with E-state index in [-0.39, 0.29) is 17.9 Å².